The molecule has 2 N–H and O–H groups in total. The Hall–Kier alpha value is -2.24. The lowest BCUT2D eigenvalue weighted by molar-refractivity contribution is -0.115. The Balaban J connectivity index is 1.54. The van der Waals surface area contributed by atoms with Gasteiger partial charge in [-0.1, -0.05) is 29.8 Å². The number of morpholine rings is 1. The van der Waals surface area contributed by atoms with Crippen LogP contribution >= 0.6 is 11.6 Å². The molecule has 0 aromatic heterocycles. The van der Waals surface area contributed by atoms with Gasteiger partial charge in [-0.3, -0.25) is 4.79 Å². The van der Waals surface area contributed by atoms with E-state index in [1.165, 1.54) is 0 Å². The summed E-state index contributed by atoms with van der Waals surface area (Å²) in [5, 5.41) is 6.98. The zero-order valence-electron chi connectivity index (χ0n) is 14.9. The maximum absolute atomic E-state index is 12.3. The second-order valence-corrected chi connectivity index (χ2v) is 6.71. The van der Waals surface area contributed by atoms with E-state index in [1.807, 2.05) is 49.4 Å². The van der Waals surface area contributed by atoms with Gasteiger partial charge in [-0.15, -0.1) is 0 Å². The Labute approximate surface area is 159 Å². The topological polar surface area (TPSA) is 53.6 Å². The lowest BCUT2D eigenvalue weighted by Crippen LogP contribution is -2.36. The zero-order valence-corrected chi connectivity index (χ0v) is 15.7. The lowest BCUT2D eigenvalue weighted by atomic mass is 10.2. The third kappa shape index (κ3) is 4.90. The molecule has 0 atom stereocenters. The first-order chi connectivity index (χ1) is 12.6. The molecule has 0 radical (unpaired) electrons. The molecule has 3 rings (SSSR count). The van der Waals surface area contributed by atoms with Crippen molar-refractivity contribution in [3.63, 3.8) is 0 Å². The first-order valence-electron chi connectivity index (χ1n) is 8.85. The number of nitrogens with one attached hydrogen (secondary N) is 2. The Kier molecular flexibility index (Phi) is 6.36. The van der Waals surface area contributed by atoms with Crippen LogP contribution in [0.1, 0.15) is 12.0 Å². The van der Waals surface area contributed by atoms with Crippen molar-refractivity contribution >= 4 is 34.6 Å². The van der Waals surface area contributed by atoms with Gasteiger partial charge in [0.25, 0.3) is 0 Å². The van der Waals surface area contributed by atoms with E-state index in [0.717, 1.165) is 40.7 Å². The molecule has 26 heavy (non-hydrogen) atoms. The molecular formula is C20H24ClN3O2. The van der Waals surface area contributed by atoms with Gasteiger partial charge in [0.2, 0.25) is 5.91 Å². The lowest BCUT2D eigenvalue weighted by Gasteiger charge is -2.30. The third-order valence-corrected chi connectivity index (χ3v) is 4.79. The molecule has 2 aromatic rings. The van der Waals surface area contributed by atoms with Crippen molar-refractivity contribution in [1.29, 1.82) is 0 Å². The largest absolute Gasteiger partial charge is 0.384 e. The summed E-state index contributed by atoms with van der Waals surface area (Å²) >= 11 is 6.12. The second kappa shape index (κ2) is 8.92. The first-order valence-corrected chi connectivity index (χ1v) is 9.23. The fourth-order valence-electron chi connectivity index (χ4n) is 2.90. The molecule has 5 nitrogen and oxygen atoms in total. The number of anilines is 3. The molecule has 2 aromatic carbocycles. The molecule has 6 heteroatoms. The minimum atomic E-state index is -0.0172. The summed E-state index contributed by atoms with van der Waals surface area (Å²) in [7, 11) is 0. The molecule has 1 heterocycles. The maximum atomic E-state index is 12.3. The Morgan fingerprint density at radius 2 is 1.96 bits per heavy atom. The van der Waals surface area contributed by atoms with Gasteiger partial charge < -0.3 is 20.3 Å². The van der Waals surface area contributed by atoms with Crippen molar-refractivity contribution in [2.45, 2.75) is 13.3 Å². The van der Waals surface area contributed by atoms with Crippen LogP contribution in [0.2, 0.25) is 5.02 Å². The van der Waals surface area contributed by atoms with E-state index in [1.54, 1.807) is 0 Å². The number of carbonyl (C=O) groups is 1. The molecule has 1 saturated heterocycles. The van der Waals surface area contributed by atoms with Crippen molar-refractivity contribution in [1.82, 2.24) is 0 Å². The van der Waals surface area contributed by atoms with Crippen molar-refractivity contribution < 1.29 is 9.53 Å². The van der Waals surface area contributed by atoms with Crippen LogP contribution in [0.3, 0.4) is 0 Å². The monoisotopic (exact) mass is 373 g/mol. The van der Waals surface area contributed by atoms with Gasteiger partial charge in [-0.2, -0.15) is 0 Å². The van der Waals surface area contributed by atoms with Crippen LogP contribution in [0, 0.1) is 6.92 Å². The predicted molar refractivity (Wildman–Crippen MR) is 107 cm³/mol. The van der Waals surface area contributed by atoms with Gasteiger partial charge in [-0.25, -0.2) is 0 Å². The van der Waals surface area contributed by atoms with E-state index < -0.39 is 0 Å². The molecule has 0 spiro atoms. The fourth-order valence-corrected chi connectivity index (χ4v) is 3.08. The highest BCUT2D eigenvalue weighted by Crippen LogP contribution is 2.26. The van der Waals surface area contributed by atoms with Crippen molar-refractivity contribution in [3.8, 4) is 0 Å². The van der Waals surface area contributed by atoms with Gasteiger partial charge in [0.05, 0.1) is 24.6 Å². The van der Waals surface area contributed by atoms with E-state index in [9.17, 15) is 4.79 Å². The Morgan fingerprint density at radius 1 is 1.19 bits per heavy atom. The number of ether oxygens (including phenoxy) is 1. The third-order valence-electron chi connectivity index (χ3n) is 4.38. The number of hydrogen-bond donors (Lipinski definition) is 2. The Bertz CT molecular complexity index is 760. The van der Waals surface area contributed by atoms with E-state index in [-0.39, 0.29) is 5.91 Å². The number of amides is 1. The van der Waals surface area contributed by atoms with Gasteiger partial charge in [0.15, 0.2) is 0 Å². The number of carbonyl (C=O) groups excluding carboxylic acids is 1. The van der Waals surface area contributed by atoms with Crippen LogP contribution in [-0.4, -0.2) is 38.8 Å². The normalized spacial score (nSPS) is 14.2. The van der Waals surface area contributed by atoms with E-state index >= 15 is 0 Å². The highest BCUT2D eigenvalue weighted by atomic mass is 35.5. The second-order valence-electron chi connectivity index (χ2n) is 6.31. The van der Waals surface area contributed by atoms with Crippen molar-refractivity contribution in [3.05, 3.63) is 53.1 Å². The quantitative estimate of drug-likeness (QED) is 0.805. The van der Waals surface area contributed by atoms with E-state index in [4.69, 9.17) is 16.3 Å². The summed E-state index contributed by atoms with van der Waals surface area (Å²) in [5.74, 6) is -0.0172. The number of rotatable bonds is 6. The summed E-state index contributed by atoms with van der Waals surface area (Å²) in [6.45, 7) is 5.61. The molecule has 1 aliphatic rings. The zero-order chi connectivity index (χ0) is 18.4. The fraction of sp³-hybridized carbons (Fsp3) is 0.350. The van der Waals surface area contributed by atoms with Crippen LogP contribution in [0.5, 0.6) is 0 Å². The summed E-state index contributed by atoms with van der Waals surface area (Å²) in [6, 6.07) is 13.7. The van der Waals surface area contributed by atoms with Gasteiger partial charge in [-0.05, 0) is 36.8 Å². The van der Waals surface area contributed by atoms with Crippen LogP contribution in [-0.2, 0) is 9.53 Å². The molecule has 1 amide bonds. The number of benzene rings is 2. The number of aryl methyl sites for hydroxylation is 1. The van der Waals surface area contributed by atoms with Crippen LogP contribution < -0.4 is 15.5 Å². The summed E-state index contributed by atoms with van der Waals surface area (Å²) < 4.78 is 5.41. The van der Waals surface area contributed by atoms with Gasteiger partial charge >= 0.3 is 0 Å². The van der Waals surface area contributed by atoms with E-state index in [2.05, 4.69) is 15.5 Å². The average molecular weight is 374 g/mol. The van der Waals surface area contributed by atoms with Crippen LogP contribution in [0.25, 0.3) is 0 Å². The predicted octanol–water partition coefficient (Wildman–Crippen LogP) is 3.93. The molecule has 138 valence electrons. The first kappa shape index (κ1) is 18.5. The molecule has 0 unspecified atom stereocenters. The molecular weight excluding hydrogens is 350 g/mol. The minimum Gasteiger partial charge on any atom is -0.384 e. The summed E-state index contributed by atoms with van der Waals surface area (Å²) in [6.07, 6.45) is 0.378. The standard InChI is InChI=1S/C20H24ClN3O2/c1-15-6-7-16(14-17(15)21)22-9-8-20(25)23-18-4-2-3-5-19(18)24-10-12-26-13-11-24/h2-7,14,22H,8-13H2,1H3,(H,23,25). The average Bonchev–Trinajstić information content (AvgIpc) is 2.66. The highest BCUT2D eigenvalue weighted by Gasteiger charge is 2.15. The highest BCUT2D eigenvalue weighted by molar-refractivity contribution is 6.31. The molecule has 1 fully saturated rings. The van der Waals surface area contributed by atoms with Crippen molar-refractivity contribution in [2.24, 2.45) is 0 Å². The van der Waals surface area contributed by atoms with Gasteiger partial charge in [0.1, 0.15) is 0 Å². The van der Waals surface area contributed by atoms with Crippen molar-refractivity contribution in [2.75, 3.05) is 48.4 Å². The summed E-state index contributed by atoms with van der Waals surface area (Å²) in [4.78, 5) is 14.6. The molecule has 0 saturated carbocycles. The smallest absolute Gasteiger partial charge is 0.226 e. The summed E-state index contributed by atoms with van der Waals surface area (Å²) in [5.41, 5.74) is 3.84. The molecule has 1 aliphatic heterocycles. The molecule has 0 bridgehead atoms. The number of nitrogens with zero attached hydrogens (tertiary/aromatic N) is 1. The SMILES string of the molecule is Cc1ccc(NCCC(=O)Nc2ccccc2N2CCOCC2)cc1Cl. The number of halogens is 1. The number of para-hydroxylation sites is 2. The minimum absolute atomic E-state index is 0.0172. The Morgan fingerprint density at radius 3 is 2.73 bits per heavy atom. The van der Waals surface area contributed by atoms with Crippen LogP contribution in [0.15, 0.2) is 42.5 Å². The molecule has 0 aliphatic carbocycles. The van der Waals surface area contributed by atoms with E-state index in [0.29, 0.717) is 26.2 Å². The van der Waals surface area contributed by atoms with Gasteiger partial charge in [0, 0.05) is 36.8 Å². The number of hydrogen-bond acceptors (Lipinski definition) is 4. The maximum Gasteiger partial charge on any atom is 0.226 e. The van der Waals surface area contributed by atoms with Crippen LogP contribution in [0.4, 0.5) is 17.1 Å².